The van der Waals surface area contributed by atoms with Crippen LogP contribution in [-0.2, 0) is 9.16 Å². The number of hydrogen-bond acceptors (Lipinski definition) is 5. The SMILES string of the molecule is CC(C)(C)[Si](C)(C)OC[C@@H]1C=C[C@H](n2cnc3c(=O)[nH]cnc32)O1. The summed E-state index contributed by atoms with van der Waals surface area (Å²) in [4.78, 5) is 22.6. The highest BCUT2D eigenvalue weighted by Gasteiger charge is 2.38. The molecule has 3 rings (SSSR count). The molecule has 0 saturated heterocycles. The molecular weight excluding hydrogens is 324 g/mol. The molecule has 0 aromatic carbocycles. The van der Waals surface area contributed by atoms with Gasteiger partial charge in [-0.15, -0.1) is 0 Å². The number of hydrogen-bond donors (Lipinski definition) is 1. The van der Waals surface area contributed by atoms with Gasteiger partial charge < -0.3 is 14.1 Å². The van der Waals surface area contributed by atoms with E-state index in [0.717, 1.165) is 0 Å². The highest BCUT2D eigenvalue weighted by atomic mass is 28.4. The third-order valence-corrected chi connectivity index (χ3v) is 9.36. The molecule has 0 aliphatic carbocycles. The van der Waals surface area contributed by atoms with Gasteiger partial charge in [-0.1, -0.05) is 26.8 Å². The minimum Gasteiger partial charge on any atom is -0.414 e. The second kappa shape index (κ2) is 5.94. The van der Waals surface area contributed by atoms with E-state index < -0.39 is 8.32 Å². The van der Waals surface area contributed by atoms with E-state index in [2.05, 4.69) is 48.8 Å². The number of fused-ring (bicyclic) bond motifs is 1. The number of ether oxygens (including phenoxy) is 1. The Hall–Kier alpha value is -1.77. The first-order valence-corrected chi connectivity index (χ1v) is 11.0. The van der Waals surface area contributed by atoms with Crippen LogP contribution < -0.4 is 5.56 Å². The van der Waals surface area contributed by atoms with Gasteiger partial charge in [-0.05, 0) is 24.2 Å². The normalized spacial score (nSPS) is 21.7. The van der Waals surface area contributed by atoms with Crippen molar-refractivity contribution in [3.05, 3.63) is 35.2 Å². The summed E-state index contributed by atoms with van der Waals surface area (Å²) in [6, 6.07) is 0. The van der Waals surface area contributed by atoms with Crippen molar-refractivity contribution in [3.63, 3.8) is 0 Å². The Labute approximate surface area is 141 Å². The van der Waals surface area contributed by atoms with Gasteiger partial charge in [-0.2, -0.15) is 0 Å². The standard InChI is InChI=1S/C16H24N4O3Si/c1-16(2,3)24(4,5)22-8-11-6-7-12(23-11)20-10-19-13-14(20)17-9-18-15(13)21/h6-7,9-12H,8H2,1-5H3,(H,17,18,21)/t11-,12+/m0/s1. The van der Waals surface area contributed by atoms with Crippen LogP contribution in [0.5, 0.6) is 0 Å². The zero-order chi connectivity index (χ0) is 17.5. The Bertz CT molecular complexity index is 819. The highest BCUT2D eigenvalue weighted by molar-refractivity contribution is 6.74. The topological polar surface area (TPSA) is 82.0 Å². The first-order chi connectivity index (χ1) is 11.2. The molecule has 0 unspecified atom stereocenters. The molecule has 7 nitrogen and oxygen atoms in total. The number of nitrogens with one attached hydrogen (secondary N) is 1. The zero-order valence-corrected chi connectivity index (χ0v) is 15.7. The molecule has 8 heteroatoms. The molecule has 0 fully saturated rings. The van der Waals surface area contributed by atoms with E-state index in [1.54, 1.807) is 10.9 Å². The van der Waals surface area contributed by atoms with Crippen molar-refractivity contribution in [2.45, 2.75) is 51.2 Å². The average molecular weight is 348 g/mol. The maximum Gasteiger partial charge on any atom is 0.278 e. The van der Waals surface area contributed by atoms with Crippen LogP contribution >= 0.6 is 0 Å². The molecule has 2 aromatic rings. The maximum absolute atomic E-state index is 11.7. The summed E-state index contributed by atoms with van der Waals surface area (Å²) in [6.45, 7) is 11.6. The third kappa shape index (κ3) is 3.09. The van der Waals surface area contributed by atoms with Crippen LogP contribution in [-0.4, -0.2) is 40.5 Å². The van der Waals surface area contributed by atoms with Gasteiger partial charge in [-0.25, -0.2) is 9.97 Å². The van der Waals surface area contributed by atoms with Crippen LogP contribution in [0.25, 0.3) is 11.2 Å². The number of H-pyrrole nitrogens is 1. The smallest absolute Gasteiger partial charge is 0.278 e. The van der Waals surface area contributed by atoms with Crippen LogP contribution in [0.2, 0.25) is 18.1 Å². The molecule has 0 spiro atoms. The van der Waals surface area contributed by atoms with Gasteiger partial charge >= 0.3 is 0 Å². The van der Waals surface area contributed by atoms with Crippen LogP contribution in [0.4, 0.5) is 0 Å². The largest absolute Gasteiger partial charge is 0.414 e. The molecular formula is C16H24N4O3Si. The minimum atomic E-state index is -1.80. The van der Waals surface area contributed by atoms with Crippen molar-refractivity contribution in [1.29, 1.82) is 0 Å². The summed E-state index contributed by atoms with van der Waals surface area (Å²) < 4.78 is 14.0. The Morgan fingerprint density at radius 3 is 2.79 bits per heavy atom. The van der Waals surface area contributed by atoms with Crippen molar-refractivity contribution in [2.75, 3.05) is 6.61 Å². The van der Waals surface area contributed by atoms with Crippen LogP contribution in [0.3, 0.4) is 0 Å². The number of imidazole rings is 1. The summed E-state index contributed by atoms with van der Waals surface area (Å²) in [5.74, 6) is 0. The van der Waals surface area contributed by atoms with E-state index in [-0.39, 0.29) is 22.9 Å². The summed E-state index contributed by atoms with van der Waals surface area (Å²) in [5, 5.41) is 0.167. The van der Waals surface area contributed by atoms with E-state index in [0.29, 0.717) is 17.8 Å². The summed E-state index contributed by atoms with van der Waals surface area (Å²) >= 11 is 0. The van der Waals surface area contributed by atoms with Crippen molar-refractivity contribution in [2.24, 2.45) is 0 Å². The summed E-state index contributed by atoms with van der Waals surface area (Å²) in [7, 11) is -1.80. The van der Waals surface area contributed by atoms with Gasteiger partial charge in [0.1, 0.15) is 6.10 Å². The first-order valence-electron chi connectivity index (χ1n) is 8.07. The second-order valence-corrected chi connectivity index (χ2v) is 12.4. The Kier molecular flexibility index (Phi) is 4.23. The summed E-state index contributed by atoms with van der Waals surface area (Å²) in [6.07, 6.45) is 6.47. The zero-order valence-electron chi connectivity index (χ0n) is 14.7. The quantitative estimate of drug-likeness (QED) is 0.678. The molecule has 24 heavy (non-hydrogen) atoms. The lowest BCUT2D eigenvalue weighted by Gasteiger charge is -2.36. The molecule has 0 saturated carbocycles. The van der Waals surface area contributed by atoms with Gasteiger partial charge in [0.2, 0.25) is 0 Å². The molecule has 0 radical (unpaired) electrons. The van der Waals surface area contributed by atoms with E-state index in [4.69, 9.17) is 9.16 Å². The Morgan fingerprint density at radius 1 is 1.33 bits per heavy atom. The lowest BCUT2D eigenvalue weighted by molar-refractivity contribution is -0.00381. The minimum absolute atomic E-state index is 0.108. The maximum atomic E-state index is 11.7. The fraction of sp³-hybridized carbons (Fsp3) is 0.562. The molecule has 3 heterocycles. The van der Waals surface area contributed by atoms with E-state index in [9.17, 15) is 4.79 Å². The van der Waals surface area contributed by atoms with Crippen LogP contribution in [0.1, 0.15) is 27.0 Å². The predicted octanol–water partition coefficient (Wildman–Crippen LogP) is 2.59. The van der Waals surface area contributed by atoms with E-state index >= 15 is 0 Å². The van der Waals surface area contributed by atoms with Gasteiger partial charge in [0.25, 0.3) is 5.56 Å². The highest BCUT2D eigenvalue weighted by Crippen LogP contribution is 2.37. The fourth-order valence-electron chi connectivity index (χ4n) is 2.30. The molecule has 130 valence electrons. The molecule has 0 amide bonds. The predicted molar refractivity (Wildman–Crippen MR) is 94.3 cm³/mol. The number of aromatic amines is 1. The van der Waals surface area contributed by atoms with E-state index in [1.807, 2.05) is 12.2 Å². The number of aromatic nitrogens is 4. The average Bonchev–Trinajstić information content (AvgIpc) is 3.10. The molecule has 1 N–H and O–H groups in total. The van der Waals surface area contributed by atoms with Crippen molar-refractivity contribution < 1.29 is 9.16 Å². The van der Waals surface area contributed by atoms with Crippen molar-refractivity contribution >= 4 is 19.5 Å². The van der Waals surface area contributed by atoms with Crippen molar-refractivity contribution in [3.8, 4) is 0 Å². The van der Waals surface area contributed by atoms with Gasteiger partial charge in [-0.3, -0.25) is 9.36 Å². The van der Waals surface area contributed by atoms with Gasteiger partial charge in [0.15, 0.2) is 25.7 Å². The first kappa shape index (κ1) is 17.1. The van der Waals surface area contributed by atoms with E-state index in [1.165, 1.54) is 6.33 Å². The van der Waals surface area contributed by atoms with Crippen LogP contribution in [0.15, 0.2) is 29.6 Å². The van der Waals surface area contributed by atoms with Crippen molar-refractivity contribution in [1.82, 2.24) is 19.5 Å². The Morgan fingerprint density at radius 2 is 2.08 bits per heavy atom. The molecule has 1 aliphatic heterocycles. The molecule has 2 aromatic heterocycles. The van der Waals surface area contributed by atoms with Crippen LogP contribution in [0, 0.1) is 0 Å². The number of rotatable bonds is 4. The fourth-order valence-corrected chi connectivity index (χ4v) is 3.31. The molecule has 2 atom stereocenters. The second-order valence-electron chi connectivity index (χ2n) is 7.58. The molecule has 1 aliphatic rings. The Balaban J connectivity index is 1.69. The molecule has 0 bridgehead atoms. The van der Waals surface area contributed by atoms with Gasteiger partial charge in [0.05, 0.1) is 19.3 Å². The number of nitrogens with zero attached hydrogens (tertiary/aromatic N) is 3. The lowest BCUT2D eigenvalue weighted by Crippen LogP contribution is -2.42. The lowest BCUT2D eigenvalue weighted by atomic mass is 10.2. The monoisotopic (exact) mass is 348 g/mol. The third-order valence-electron chi connectivity index (χ3n) is 4.86. The summed E-state index contributed by atoms with van der Waals surface area (Å²) in [5.41, 5.74) is 0.577. The van der Waals surface area contributed by atoms with Gasteiger partial charge in [0, 0.05) is 0 Å².